The number of aliphatic hydroxyl groups excluding tert-OH is 1. The largest absolute Gasteiger partial charge is 0.393 e. The molecule has 0 spiro atoms. The number of rotatable bonds is 5. The van der Waals surface area contributed by atoms with Crippen LogP contribution in [0.1, 0.15) is 51.2 Å². The first-order valence-corrected chi connectivity index (χ1v) is 5.19. The number of hydrogen-bond donors (Lipinski definition) is 1. The second-order valence-corrected chi connectivity index (χ2v) is 3.55. The Balaban J connectivity index is 2.73. The average Bonchev–Trinajstić information content (AvgIpc) is 2.54. The van der Waals surface area contributed by atoms with Gasteiger partial charge in [-0.3, -0.25) is 0 Å². The molecular formula is C10H18N2O2. The molecule has 14 heavy (non-hydrogen) atoms. The number of aliphatic hydroxyl groups is 1. The normalized spacial score (nSPS) is 15.4. The third-order valence-electron chi connectivity index (χ3n) is 2.30. The number of aryl methyl sites for hydroxylation is 1. The molecule has 80 valence electrons. The molecule has 0 aliphatic carbocycles. The fraction of sp³-hybridized carbons (Fsp3) is 0.800. The zero-order chi connectivity index (χ0) is 10.6. The van der Waals surface area contributed by atoms with E-state index in [0.29, 0.717) is 5.89 Å². The lowest BCUT2D eigenvalue weighted by Crippen LogP contribution is -2.14. The maximum Gasteiger partial charge on any atom is 0.232 e. The van der Waals surface area contributed by atoms with E-state index in [4.69, 9.17) is 4.52 Å². The molecule has 1 rings (SSSR count). The van der Waals surface area contributed by atoms with Crippen molar-refractivity contribution >= 4 is 0 Å². The second kappa shape index (κ2) is 5.10. The summed E-state index contributed by atoms with van der Waals surface area (Å²) in [7, 11) is 0. The molecule has 0 bridgehead atoms. The summed E-state index contributed by atoms with van der Waals surface area (Å²) in [6.07, 6.45) is 2.21. The number of aromatic nitrogens is 2. The predicted octanol–water partition coefficient (Wildman–Crippen LogP) is 1.90. The van der Waals surface area contributed by atoms with Crippen LogP contribution in [0.3, 0.4) is 0 Å². The summed E-state index contributed by atoms with van der Waals surface area (Å²) in [5.41, 5.74) is 0. The molecule has 0 aliphatic rings. The Kier molecular flexibility index (Phi) is 4.07. The van der Waals surface area contributed by atoms with Crippen LogP contribution in [-0.4, -0.2) is 21.4 Å². The van der Waals surface area contributed by atoms with Crippen LogP contribution in [0.4, 0.5) is 0 Å². The van der Waals surface area contributed by atoms with Crippen LogP contribution in [-0.2, 0) is 6.42 Å². The van der Waals surface area contributed by atoms with E-state index in [1.807, 2.05) is 6.92 Å². The monoisotopic (exact) mass is 198 g/mol. The Morgan fingerprint density at radius 2 is 2.14 bits per heavy atom. The van der Waals surface area contributed by atoms with Crippen LogP contribution >= 0.6 is 0 Å². The molecule has 0 aromatic carbocycles. The van der Waals surface area contributed by atoms with Gasteiger partial charge in [-0.2, -0.15) is 4.98 Å². The lowest BCUT2D eigenvalue weighted by atomic mass is 10.0. The Hall–Kier alpha value is -0.900. The van der Waals surface area contributed by atoms with Crippen molar-refractivity contribution in [3.63, 3.8) is 0 Å². The summed E-state index contributed by atoms with van der Waals surface area (Å²) >= 11 is 0. The van der Waals surface area contributed by atoms with E-state index in [-0.39, 0.29) is 5.92 Å². The molecule has 1 heterocycles. The van der Waals surface area contributed by atoms with Gasteiger partial charge in [0.05, 0.1) is 12.0 Å². The highest BCUT2D eigenvalue weighted by molar-refractivity contribution is 4.96. The van der Waals surface area contributed by atoms with Gasteiger partial charge in [0, 0.05) is 6.42 Å². The molecule has 1 aromatic heterocycles. The van der Waals surface area contributed by atoms with Crippen molar-refractivity contribution in [2.75, 3.05) is 0 Å². The maximum absolute atomic E-state index is 9.48. The summed E-state index contributed by atoms with van der Waals surface area (Å²) in [5, 5.41) is 13.3. The number of nitrogens with zero attached hydrogens (tertiary/aromatic N) is 2. The molecule has 0 amide bonds. The third kappa shape index (κ3) is 2.54. The lowest BCUT2D eigenvalue weighted by molar-refractivity contribution is 0.141. The standard InChI is InChI=1S/C10H18N2O2/c1-4-6-9-11-10(14-12-9)8(5-2)7(3)13/h7-8,13H,4-6H2,1-3H3. The fourth-order valence-corrected chi connectivity index (χ4v) is 1.47. The fourth-order valence-electron chi connectivity index (χ4n) is 1.47. The molecule has 4 nitrogen and oxygen atoms in total. The topological polar surface area (TPSA) is 59.2 Å². The van der Waals surface area contributed by atoms with Crippen LogP contribution in [0.2, 0.25) is 0 Å². The Labute approximate surface area is 84.3 Å². The van der Waals surface area contributed by atoms with Gasteiger partial charge in [-0.25, -0.2) is 0 Å². The van der Waals surface area contributed by atoms with Gasteiger partial charge in [0.25, 0.3) is 0 Å². The van der Waals surface area contributed by atoms with Crippen molar-refractivity contribution < 1.29 is 9.63 Å². The third-order valence-corrected chi connectivity index (χ3v) is 2.30. The van der Waals surface area contributed by atoms with Crippen molar-refractivity contribution in [3.05, 3.63) is 11.7 Å². The van der Waals surface area contributed by atoms with Gasteiger partial charge in [0.1, 0.15) is 0 Å². The van der Waals surface area contributed by atoms with Crippen LogP contribution < -0.4 is 0 Å². The van der Waals surface area contributed by atoms with Gasteiger partial charge < -0.3 is 9.63 Å². The molecule has 0 saturated carbocycles. The van der Waals surface area contributed by atoms with E-state index < -0.39 is 6.10 Å². The van der Waals surface area contributed by atoms with E-state index in [9.17, 15) is 5.11 Å². The predicted molar refractivity (Wildman–Crippen MR) is 53.0 cm³/mol. The van der Waals surface area contributed by atoms with Gasteiger partial charge in [-0.1, -0.05) is 19.0 Å². The average molecular weight is 198 g/mol. The quantitative estimate of drug-likeness (QED) is 0.785. The molecule has 0 saturated heterocycles. The molecule has 4 heteroatoms. The minimum atomic E-state index is -0.435. The Bertz CT molecular complexity index is 271. The zero-order valence-electron chi connectivity index (χ0n) is 9.03. The molecular weight excluding hydrogens is 180 g/mol. The molecule has 1 aromatic rings. The van der Waals surface area contributed by atoms with Crippen molar-refractivity contribution in [1.29, 1.82) is 0 Å². The van der Waals surface area contributed by atoms with Gasteiger partial charge in [0.15, 0.2) is 5.82 Å². The Morgan fingerprint density at radius 1 is 1.43 bits per heavy atom. The van der Waals surface area contributed by atoms with Crippen LogP contribution in [0, 0.1) is 0 Å². The summed E-state index contributed by atoms with van der Waals surface area (Å²) in [6.45, 7) is 5.82. The zero-order valence-corrected chi connectivity index (χ0v) is 9.03. The molecule has 0 radical (unpaired) electrons. The van der Waals surface area contributed by atoms with E-state index >= 15 is 0 Å². The van der Waals surface area contributed by atoms with E-state index in [0.717, 1.165) is 25.1 Å². The minimum Gasteiger partial charge on any atom is -0.393 e. The van der Waals surface area contributed by atoms with Gasteiger partial charge in [-0.15, -0.1) is 0 Å². The van der Waals surface area contributed by atoms with E-state index in [2.05, 4.69) is 17.1 Å². The number of hydrogen-bond acceptors (Lipinski definition) is 4. The van der Waals surface area contributed by atoms with Gasteiger partial charge >= 0.3 is 0 Å². The van der Waals surface area contributed by atoms with Crippen molar-refractivity contribution in [1.82, 2.24) is 10.1 Å². The van der Waals surface area contributed by atoms with Gasteiger partial charge in [0.2, 0.25) is 5.89 Å². The summed E-state index contributed by atoms with van der Waals surface area (Å²) in [5.74, 6) is 1.26. The molecule has 2 unspecified atom stereocenters. The first-order chi connectivity index (χ1) is 6.69. The summed E-state index contributed by atoms with van der Waals surface area (Å²) in [4.78, 5) is 4.25. The highest BCUT2D eigenvalue weighted by atomic mass is 16.5. The summed E-state index contributed by atoms with van der Waals surface area (Å²) < 4.78 is 5.11. The molecule has 2 atom stereocenters. The molecule has 1 N–H and O–H groups in total. The second-order valence-electron chi connectivity index (χ2n) is 3.55. The van der Waals surface area contributed by atoms with Crippen molar-refractivity contribution in [2.45, 2.75) is 52.1 Å². The van der Waals surface area contributed by atoms with E-state index in [1.165, 1.54) is 0 Å². The molecule has 0 fully saturated rings. The van der Waals surface area contributed by atoms with Crippen LogP contribution in [0.25, 0.3) is 0 Å². The first kappa shape index (κ1) is 11.2. The van der Waals surface area contributed by atoms with Crippen molar-refractivity contribution in [3.8, 4) is 0 Å². The van der Waals surface area contributed by atoms with Crippen LogP contribution in [0.5, 0.6) is 0 Å². The SMILES string of the molecule is CCCc1noc(C(CC)C(C)O)n1. The maximum atomic E-state index is 9.48. The highest BCUT2D eigenvalue weighted by Gasteiger charge is 2.21. The lowest BCUT2D eigenvalue weighted by Gasteiger charge is -2.12. The minimum absolute atomic E-state index is 0.0342. The van der Waals surface area contributed by atoms with Gasteiger partial charge in [-0.05, 0) is 19.8 Å². The molecule has 0 aliphatic heterocycles. The van der Waals surface area contributed by atoms with E-state index in [1.54, 1.807) is 6.92 Å². The highest BCUT2D eigenvalue weighted by Crippen LogP contribution is 2.21. The smallest absolute Gasteiger partial charge is 0.232 e. The Morgan fingerprint density at radius 3 is 2.64 bits per heavy atom. The summed E-state index contributed by atoms with van der Waals surface area (Å²) in [6, 6.07) is 0. The van der Waals surface area contributed by atoms with Crippen molar-refractivity contribution in [2.24, 2.45) is 0 Å². The first-order valence-electron chi connectivity index (χ1n) is 5.19. The van der Waals surface area contributed by atoms with Crippen LogP contribution in [0.15, 0.2) is 4.52 Å².